The monoisotopic (exact) mass is 295 g/mol. The van der Waals surface area contributed by atoms with Crippen molar-refractivity contribution in [2.45, 2.75) is 31.8 Å². The van der Waals surface area contributed by atoms with Crippen LogP contribution in [0.3, 0.4) is 0 Å². The fraction of sp³-hybridized carbons (Fsp3) is 0.533. The smallest absolute Gasteiger partial charge is 0.146 e. The molecule has 1 aromatic carbocycles. The molecule has 2 atom stereocenters. The molecule has 0 spiro atoms. The van der Waals surface area contributed by atoms with E-state index in [0.717, 1.165) is 29.2 Å². The van der Waals surface area contributed by atoms with Crippen LogP contribution in [0.5, 0.6) is 5.75 Å². The van der Waals surface area contributed by atoms with Crippen molar-refractivity contribution in [3.63, 3.8) is 0 Å². The Hall–Kier alpha value is -1.26. The molecule has 0 aliphatic heterocycles. The van der Waals surface area contributed by atoms with E-state index in [9.17, 15) is 0 Å². The van der Waals surface area contributed by atoms with Crippen molar-refractivity contribution in [1.29, 1.82) is 0 Å². The van der Waals surface area contributed by atoms with Crippen LogP contribution >= 0.6 is 11.6 Å². The van der Waals surface area contributed by atoms with Gasteiger partial charge >= 0.3 is 0 Å². The SMILES string of the molecule is COc1cccc2c1nc(C(C)Cl)n2CC(C)N(C)C. The second kappa shape index (κ2) is 6.02. The predicted molar refractivity (Wildman–Crippen MR) is 83.7 cm³/mol. The lowest BCUT2D eigenvalue weighted by atomic mass is 10.2. The summed E-state index contributed by atoms with van der Waals surface area (Å²) in [5, 5.41) is -0.138. The fourth-order valence-corrected chi connectivity index (χ4v) is 2.39. The average Bonchev–Trinajstić information content (AvgIpc) is 2.77. The molecule has 0 amide bonds. The Morgan fingerprint density at radius 1 is 1.35 bits per heavy atom. The minimum Gasteiger partial charge on any atom is -0.494 e. The van der Waals surface area contributed by atoms with Crippen LogP contribution in [0.25, 0.3) is 11.0 Å². The van der Waals surface area contributed by atoms with Gasteiger partial charge in [0.05, 0.1) is 18.0 Å². The van der Waals surface area contributed by atoms with E-state index >= 15 is 0 Å². The number of methoxy groups -OCH3 is 1. The number of alkyl halides is 1. The Balaban J connectivity index is 2.57. The van der Waals surface area contributed by atoms with Gasteiger partial charge in [0.1, 0.15) is 17.1 Å². The van der Waals surface area contributed by atoms with Gasteiger partial charge in [-0.2, -0.15) is 0 Å². The molecule has 0 radical (unpaired) electrons. The lowest BCUT2D eigenvalue weighted by molar-refractivity contribution is 0.284. The maximum absolute atomic E-state index is 6.30. The summed E-state index contributed by atoms with van der Waals surface area (Å²) >= 11 is 6.30. The largest absolute Gasteiger partial charge is 0.494 e. The zero-order valence-electron chi connectivity index (χ0n) is 12.7. The first-order valence-corrected chi connectivity index (χ1v) is 7.23. The number of likely N-dealkylation sites (N-methyl/N-ethyl adjacent to an activating group) is 1. The molecule has 20 heavy (non-hydrogen) atoms. The highest BCUT2D eigenvalue weighted by molar-refractivity contribution is 6.20. The summed E-state index contributed by atoms with van der Waals surface area (Å²) < 4.78 is 7.59. The maximum Gasteiger partial charge on any atom is 0.146 e. The molecule has 0 bridgehead atoms. The highest BCUT2D eigenvalue weighted by Gasteiger charge is 2.19. The Labute approximate surface area is 125 Å². The van der Waals surface area contributed by atoms with E-state index in [1.54, 1.807) is 7.11 Å². The van der Waals surface area contributed by atoms with Gasteiger partial charge in [0.25, 0.3) is 0 Å². The number of hydrogen-bond donors (Lipinski definition) is 0. The zero-order chi connectivity index (χ0) is 14.9. The maximum atomic E-state index is 6.30. The second-order valence-corrected chi connectivity index (χ2v) is 5.99. The quantitative estimate of drug-likeness (QED) is 0.793. The van der Waals surface area contributed by atoms with Crippen LogP contribution in [0.1, 0.15) is 25.0 Å². The third kappa shape index (κ3) is 2.76. The van der Waals surface area contributed by atoms with E-state index in [1.165, 1.54) is 0 Å². The van der Waals surface area contributed by atoms with Gasteiger partial charge in [-0.3, -0.25) is 0 Å². The van der Waals surface area contributed by atoms with Crippen LogP contribution in [-0.2, 0) is 6.54 Å². The Morgan fingerprint density at radius 3 is 2.60 bits per heavy atom. The molecule has 0 aliphatic rings. The molecular formula is C15H22ClN3O. The summed E-state index contributed by atoms with van der Waals surface area (Å²) in [7, 11) is 5.82. The number of rotatable bonds is 5. The van der Waals surface area contributed by atoms with Gasteiger partial charge < -0.3 is 14.2 Å². The number of fused-ring (bicyclic) bond motifs is 1. The summed E-state index contributed by atoms with van der Waals surface area (Å²) in [6.45, 7) is 4.99. The van der Waals surface area contributed by atoms with Crippen LogP contribution in [0.2, 0.25) is 0 Å². The van der Waals surface area contributed by atoms with Crippen LogP contribution in [-0.4, -0.2) is 41.7 Å². The van der Waals surface area contributed by atoms with Gasteiger partial charge in [0, 0.05) is 12.6 Å². The van der Waals surface area contributed by atoms with Crippen molar-refractivity contribution in [3.8, 4) is 5.75 Å². The first kappa shape index (κ1) is 15.1. The van der Waals surface area contributed by atoms with E-state index in [1.807, 2.05) is 19.1 Å². The van der Waals surface area contributed by atoms with E-state index in [-0.39, 0.29) is 5.38 Å². The van der Waals surface area contributed by atoms with Crippen molar-refractivity contribution < 1.29 is 4.74 Å². The summed E-state index contributed by atoms with van der Waals surface area (Å²) in [6, 6.07) is 6.38. The molecule has 0 saturated carbocycles. The molecule has 2 rings (SSSR count). The first-order valence-electron chi connectivity index (χ1n) is 6.79. The summed E-state index contributed by atoms with van der Waals surface area (Å²) in [6.07, 6.45) is 0. The molecule has 1 aromatic heterocycles. The van der Waals surface area contributed by atoms with Crippen molar-refractivity contribution in [2.75, 3.05) is 21.2 Å². The standard InChI is InChI=1S/C15H22ClN3O/c1-10(18(3)4)9-19-12-7-6-8-13(20-5)14(12)17-15(19)11(2)16/h6-8,10-11H,9H2,1-5H3. The van der Waals surface area contributed by atoms with E-state index in [2.05, 4.69) is 41.5 Å². The molecule has 110 valence electrons. The fourth-order valence-electron chi connectivity index (χ4n) is 2.23. The van der Waals surface area contributed by atoms with Gasteiger partial charge in [-0.1, -0.05) is 6.07 Å². The molecular weight excluding hydrogens is 274 g/mol. The van der Waals surface area contributed by atoms with Gasteiger partial charge in [-0.15, -0.1) is 11.6 Å². The van der Waals surface area contributed by atoms with Crippen LogP contribution in [0.15, 0.2) is 18.2 Å². The number of nitrogens with zero attached hydrogens (tertiary/aromatic N) is 3. The van der Waals surface area contributed by atoms with Gasteiger partial charge in [-0.05, 0) is 40.1 Å². The van der Waals surface area contributed by atoms with Crippen molar-refractivity contribution in [3.05, 3.63) is 24.0 Å². The normalized spacial score (nSPS) is 14.8. The van der Waals surface area contributed by atoms with Crippen LogP contribution in [0.4, 0.5) is 0 Å². The Kier molecular flexibility index (Phi) is 4.55. The zero-order valence-corrected chi connectivity index (χ0v) is 13.5. The number of imidazole rings is 1. The number of para-hydroxylation sites is 1. The molecule has 4 nitrogen and oxygen atoms in total. The minimum absolute atomic E-state index is 0.138. The third-order valence-corrected chi connectivity index (χ3v) is 3.87. The number of aromatic nitrogens is 2. The lowest BCUT2D eigenvalue weighted by Gasteiger charge is -2.22. The highest BCUT2D eigenvalue weighted by Crippen LogP contribution is 2.30. The Bertz CT molecular complexity index is 592. The first-order chi connectivity index (χ1) is 9.45. The van der Waals surface area contributed by atoms with Crippen molar-refractivity contribution in [2.24, 2.45) is 0 Å². The molecule has 0 fully saturated rings. The summed E-state index contributed by atoms with van der Waals surface area (Å²) in [5.74, 6) is 1.68. The van der Waals surface area contributed by atoms with E-state index in [4.69, 9.17) is 16.3 Å². The van der Waals surface area contributed by atoms with Gasteiger partial charge in [0.15, 0.2) is 0 Å². The van der Waals surface area contributed by atoms with Crippen LogP contribution < -0.4 is 4.74 Å². The predicted octanol–water partition coefficient (Wildman–Crippen LogP) is 3.29. The molecule has 0 N–H and O–H groups in total. The van der Waals surface area contributed by atoms with Crippen LogP contribution in [0, 0.1) is 0 Å². The van der Waals surface area contributed by atoms with Crippen molar-refractivity contribution in [1.82, 2.24) is 14.5 Å². The van der Waals surface area contributed by atoms with Crippen molar-refractivity contribution >= 4 is 22.6 Å². The van der Waals surface area contributed by atoms with Gasteiger partial charge in [-0.25, -0.2) is 4.98 Å². The molecule has 0 saturated heterocycles. The molecule has 2 unspecified atom stereocenters. The lowest BCUT2D eigenvalue weighted by Crippen LogP contribution is -2.29. The number of benzene rings is 1. The third-order valence-electron chi connectivity index (χ3n) is 3.68. The number of ether oxygens (including phenoxy) is 1. The molecule has 5 heteroatoms. The van der Waals surface area contributed by atoms with Gasteiger partial charge in [0.2, 0.25) is 0 Å². The number of halogens is 1. The average molecular weight is 296 g/mol. The molecule has 2 aromatic rings. The van der Waals surface area contributed by atoms with E-state index in [0.29, 0.717) is 6.04 Å². The minimum atomic E-state index is -0.138. The summed E-state index contributed by atoms with van der Waals surface area (Å²) in [5.41, 5.74) is 1.95. The molecule has 1 heterocycles. The topological polar surface area (TPSA) is 30.3 Å². The Morgan fingerprint density at radius 2 is 2.05 bits per heavy atom. The summed E-state index contributed by atoms with van der Waals surface area (Å²) in [4.78, 5) is 6.87. The highest BCUT2D eigenvalue weighted by atomic mass is 35.5. The molecule has 0 aliphatic carbocycles. The van der Waals surface area contributed by atoms with E-state index < -0.39 is 0 Å². The number of hydrogen-bond acceptors (Lipinski definition) is 3. The second-order valence-electron chi connectivity index (χ2n) is 5.34.